The summed E-state index contributed by atoms with van der Waals surface area (Å²) >= 11 is 3.26. The van der Waals surface area contributed by atoms with Crippen LogP contribution in [0.4, 0.5) is 11.4 Å². The summed E-state index contributed by atoms with van der Waals surface area (Å²) in [6, 6.07) is 11.3. The first-order chi connectivity index (χ1) is 9.47. The van der Waals surface area contributed by atoms with Gasteiger partial charge in [-0.1, -0.05) is 6.07 Å². The number of primary amides is 1. The van der Waals surface area contributed by atoms with Gasteiger partial charge in [-0.25, -0.2) is 0 Å². The first-order valence-electron chi connectivity index (χ1n) is 5.73. The number of hydrogen-bond acceptors (Lipinski definition) is 3. The molecule has 0 fully saturated rings. The molecule has 0 aliphatic carbocycles. The minimum Gasteiger partial charge on any atom is -0.398 e. The van der Waals surface area contributed by atoms with Crippen molar-refractivity contribution in [2.24, 2.45) is 5.73 Å². The molecule has 0 saturated heterocycles. The third kappa shape index (κ3) is 3.16. The molecule has 0 heterocycles. The summed E-state index contributed by atoms with van der Waals surface area (Å²) in [5.74, 6) is -0.844. The third-order valence-corrected chi connectivity index (χ3v) is 3.35. The van der Waals surface area contributed by atoms with E-state index in [1.54, 1.807) is 36.4 Å². The topological polar surface area (TPSA) is 98.2 Å². The quantitative estimate of drug-likeness (QED) is 0.752. The van der Waals surface area contributed by atoms with Crippen molar-refractivity contribution in [2.75, 3.05) is 11.1 Å². The van der Waals surface area contributed by atoms with Crippen LogP contribution in [0.3, 0.4) is 0 Å². The van der Waals surface area contributed by atoms with Gasteiger partial charge in [0.05, 0.1) is 0 Å². The third-order valence-electron chi connectivity index (χ3n) is 2.67. The average Bonchev–Trinajstić information content (AvgIpc) is 2.42. The predicted molar refractivity (Wildman–Crippen MR) is 81.5 cm³/mol. The van der Waals surface area contributed by atoms with Crippen molar-refractivity contribution in [3.05, 3.63) is 58.1 Å². The molecule has 0 radical (unpaired) electrons. The SMILES string of the molecule is NC(=O)c1cccc(NC(=O)c2ccc(N)c(Br)c2)c1. The number of nitrogens with two attached hydrogens (primary N) is 2. The lowest BCUT2D eigenvalue weighted by atomic mass is 10.1. The first-order valence-corrected chi connectivity index (χ1v) is 6.53. The first kappa shape index (κ1) is 14.1. The minimum atomic E-state index is -0.545. The zero-order valence-electron chi connectivity index (χ0n) is 10.4. The second-order valence-corrected chi connectivity index (χ2v) is 4.99. The number of nitrogen functional groups attached to an aromatic ring is 1. The fourth-order valence-electron chi connectivity index (χ4n) is 1.62. The van der Waals surface area contributed by atoms with Crippen molar-refractivity contribution < 1.29 is 9.59 Å². The molecule has 0 bridgehead atoms. The van der Waals surface area contributed by atoms with E-state index in [1.165, 1.54) is 6.07 Å². The Bertz CT molecular complexity index is 686. The van der Waals surface area contributed by atoms with Crippen LogP contribution in [0.2, 0.25) is 0 Å². The highest BCUT2D eigenvalue weighted by Crippen LogP contribution is 2.21. The van der Waals surface area contributed by atoms with E-state index in [4.69, 9.17) is 11.5 Å². The highest BCUT2D eigenvalue weighted by atomic mass is 79.9. The summed E-state index contributed by atoms with van der Waals surface area (Å²) in [4.78, 5) is 23.2. The Morgan fingerprint density at radius 3 is 2.45 bits per heavy atom. The minimum absolute atomic E-state index is 0.299. The van der Waals surface area contributed by atoms with Crippen LogP contribution in [0, 0.1) is 0 Å². The zero-order chi connectivity index (χ0) is 14.7. The van der Waals surface area contributed by atoms with E-state index in [1.807, 2.05) is 0 Å². The largest absolute Gasteiger partial charge is 0.398 e. The molecule has 5 N–H and O–H groups in total. The molecule has 2 aromatic carbocycles. The Labute approximate surface area is 124 Å². The van der Waals surface area contributed by atoms with E-state index in [0.29, 0.717) is 27.0 Å². The van der Waals surface area contributed by atoms with E-state index in [0.717, 1.165) is 0 Å². The van der Waals surface area contributed by atoms with Crippen molar-refractivity contribution >= 4 is 39.1 Å². The lowest BCUT2D eigenvalue weighted by Crippen LogP contribution is -2.14. The molecule has 0 aromatic heterocycles. The smallest absolute Gasteiger partial charge is 0.255 e. The Kier molecular flexibility index (Phi) is 4.05. The number of benzene rings is 2. The Balaban J connectivity index is 2.21. The second kappa shape index (κ2) is 5.75. The van der Waals surface area contributed by atoms with Crippen LogP contribution in [0.15, 0.2) is 46.9 Å². The van der Waals surface area contributed by atoms with Gasteiger partial charge in [0.25, 0.3) is 5.91 Å². The Morgan fingerprint density at radius 1 is 1.05 bits per heavy atom. The number of anilines is 2. The molecule has 2 aromatic rings. The van der Waals surface area contributed by atoms with Gasteiger partial charge < -0.3 is 16.8 Å². The Morgan fingerprint density at radius 2 is 1.80 bits per heavy atom. The highest BCUT2D eigenvalue weighted by molar-refractivity contribution is 9.10. The summed E-state index contributed by atoms with van der Waals surface area (Å²) in [7, 11) is 0. The molecule has 5 nitrogen and oxygen atoms in total. The van der Waals surface area contributed by atoms with Crippen molar-refractivity contribution in [1.82, 2.24) is 0 Å². The van der Waals surface area contributed by atoms with Gasteiger partial charge in [0, 0.05) is 27.0 Å². The highest BCUT2D eigenvalue weighted by Gasteiger charge is 2.09. The summed E-state index contributed by atoms with van der Waals surface area (Å²) in [6.45, 7) is 0. The molecule has 0 atom stereocenters. The van der Waals surface area contributed by atoms with Crippen LogP contribution in [0.1, 0.15) is 20.7 Å². The molecular weight excluding hydrogens is 322 g/mol. The number of hydrogen-bond donors (Lipinski definition) is 3. The van der Waals surface area contributed by atoms with Crippen LogP contribution >= 0.6 is 15.9 Å². The number of carbonyl (C=O) groups excluding carboxylic acids is 2. The van der Waals surface area contributed by atoms with E-state index >= 15 is 0 Å². The van der Waals surface area contributed by atoms with Gasteiger partial charge in [0.1, 0.15) is 0 Å². The summed E-state index contributed by atoms with van der Waals surface area (Å²) < 4.78 is 0.649. The van der Waals surface area contributed by atoms with Crippen LogP contribution in [0.25, 0.3) is 0 Å². The fraction of sp³-hybridized carbons (Fsp3) is 0. The molecule has 0 aliphatic rings. The lowest BCUT2D eigenvalue weighted by molar-refractivity contribution is 0.0996. The van der Waals surface area contributed by atoms with Gasteiger partial charge in [0.15, 0.2) is 0 Å². The maximum Gasteiger partial charge on any atom is 0.255 e. The fourth-order valence-corrected chi connectivity index (χ4v) is 2.00. The van der Waals surface area contributed by atoms with Crippen LogP contribution < -0.4 is 16.8 Å². The molecule has 0 spiro atoms. The number of carbonyl (C=O) groups is 2. The van der Waals surface area contributed by atoms with Crippen molar-refractivity contribution in [2.45, 2.75) is 0 Å². The van der Waals surface area contributed by atoms with Gasteiger partial charge in [0.2, 0.25) is 5.91 Å². The molecule has 2 amide bonds. The number of halogens is 1. The number of nitrogens with one attached hydrogen (secondary N) is 1. The van der Waals surface area contributed by atoms with E-state index in [-0.39, 0.29) is 5.91 Å². The normalized spacial score (nSPS) is 10.1. The van der Waals surface area contributed by atoms with Gasteiger partial charge in [-0.05, 0) is 52.3 Å². The van der Waals surface area contributed by atoms with Crippen molar-refractivity contribution in [3.8, 4) is 0 Å². The number of amides is 2. The predicted octanol–water partition coefficient (Wildman–Crippen LogP) is 2.38. The zero-order valence-corrected chi connectivity index (χ0v) is 12.0. The van der Waals surface area contributed by atoms with Gasteiger partial charge in [-0.15, -0.1) is 0 Å². The van der Waals surface area contributed by atoms with E-state index < -0.39 is 5.91 Å². The van der Waals surface area contributed by atoms with E-state index in [9.17, 15) is 9.59 Å². The molecule has 0 saturated carbocycles. The molecule has 2 rings (SSSR count). The molecule has 102 valence electrons. The van der Waals surface area contributed by atoms with Crippen LogP contribution in [-0.2, 0) is 0 Å². The summed E-state index contributed by atoms with van der Waals surface area (Å²) in [5, 5.41) is 2.69. The Hall–Kier alpha value is -2.34. The van der Waals surface area contributed by atoms with Crippen molar-refractivity contribution in [1.29, 1.82) is 0 Å². The van der Waals surface area contributed by atoms with Crippen molar-refractivity contribution in [3.63, 3.8) is 0 Å². The molecule has 0 unspecified atom stereocenters. The van der Waals surface area contributed by atoms with Gasteiger partial charge in [-0.2, -0.15) is 0 Å². The monoisotopic (exact) mass is 333 g/mol. The molecule has 20 heavy (non-hydrogen) atoms. The van der Waals surface area contributed by atoms with Gasteiger partial charge in [-0.3, -0.25) is 9.59 Å². The van der Waals surface area contributed by atoms with Crippen LogP contribution in [-0.4, -0.2) is 11.8 Å². The molecule has 6 heteroatoms. The average molecular weight is 334 g/mol. The second-order valence-electron chi connectivity index (χ2n) is 4.14. The maximum atomic E-state index is 12.1. The van der Waals surface area contributed by atoms with E-state index in [2.05, 4.69) is 21.2 Å². The molecule has 0 aliphatic heterocycles. The van der Waals surface area contributed by atoms with Gasteiger partial charge >= 0.3 is 0 Å². The number of rotatable bonds is 3. The lowest BCUT2D eigenvalue weighted by Gasteiger charge is -2.07. The summed E-state index contributed by atoms with van der Waals surface area (Å²) in [6.07, 6.45) is 0. The maximum absolute atomic E-state index is 12.1. The standard InChI is InChI=1S/C14H12BrN3O2/c15-11-7-9(4-5-12(11)16)14(20)18-10-3-1-2-8(6-10)13(17)19/h1-7H,16H2,(H2,17,19)(H,18,20). The van der Waals surface area contributed by atoms with Crippen LogP contribution in [0.5, 0.6) is 0 Å². The molecular formula is C14H12BrN3O2. The summed E-state index contributed by atoms with van der Waals surface area (Å²) in [5.41, 5.74) is 12.7.